The van der Waals surface area contributed by atoms with E-state index in [-0.39, 0.29) is 0 Å². The van der Waals surface area contributed by atoms with Crippen molar-refractivity contribution < 1.29 is 4.74 Å². The maximum Gasteiger partial charge on any atom is 0.119 e. The van der Waals surface area contributed by atoms with Gasteiger partial charge in [0.2, 0.25) is 0 Å². The second-order valence-corrected chi connectivity index (χ2v) is 6.64. The van der Waals surface area contributed by atoms with E-state index in [0.29, 0.717) is 12.1 Å². The lowest BCUT2D eigenvalue weighted by Crippen LogP contribution is -2.47. The van der Waals surface area contributed by atoms with Crippen LogP contribution in [0.15, 0.2) is 24.3 Å². The van der Waals surface area contributed by atoms with Crippen LogP contribution in [-0.2, 0) is 0 Å². The number of piperidine rings is 1. The highest BCUT2D eigenvalue weighted by Gasteiger charge is 2.23. The van der Waals surface area contributed by atoms with Crippen LogP contribution < -0.4 is 10.1 Å². The summed E-state index contributed by atoms with van der Waals surface area (Å²) >= 11 is 0. The monoisotopic (exact) mass is 290 g/mol. The normalized spacial score (nSPS) is 22.8. The van der Waals surface area contributed by atoms with E-state index in [1.807, 2.05) is 12.1 Å². The van der Waals surface area contributed by atoms with E-state index >= 15 is 0 Å². The highest BCUT2D eigenvalue weighted by atomic mass is 16.5. The van der Waals surface area contributed by atoms with Crippen molar-refractivity contribution in [2.75, 3.05) is 26.7 Å². The van der Waals surface area contributed by atoms with E-state index in [1.54, 1.807) is 0 Å². The number of hydrogen-bond donors (Lipinski definition) is 1. The molecule has 118 valence electrons. The van der Waals surface area contributed by atoms with Gasteiger partial charge >= 0.3 is 0 Å². The molecule has 0 aromatic heterocycles. The lowest BCUT2D eigenvalue weighted by Gasteiger charge is -2.35. The molecule has 3 heteroatoms. The average molecular weight is 290 g/mol. The Bertz CT molecular complexity index is 418. The summed E-state index contributed by atoms with van der Waals surface area (Å²) < 4.78 is 5.86. The number of nitrogens with zero attached hydrogens (tertiary/aromatic N) is 1. The number of nitrogens with one attached hydrogen (secondary N) is 1. The van der Waals surface area contributed by atoms with Crippen molar-refractivity contribution in [1.29, 1.82) is 0 Å². The van der Waals surface area contributed by atoms with Gasteiger partial charge in [-0.25, -0.2) is 0 Å². The molecule has 1 N–H and O–H groups in total. The highest BCUT2D eigenvalue weighted by molar-refractivity contribution is 5.26. The standard InChI is InChI=1S/C18H30N2O/c1-14-7-9-18(10-8-14)21-13-15(2)19-16(3)17-6-5-11-20(4)12-17/h7-10,15-17,19H,5-6,11-13H2,1-4H3. The molecule has 1 fully saturated rings. The van der Waals surface area contributed by atoms with Gasteiger partial charge in [-0.15, -0.1) is 0 Å². The Labute approximate surface area is 129 Å². The zero-order chi connectivity index (χ0) is 15.2. The van der Waals surface area contributed by atoms with E-state index < -0.39 is 0 Å². The molecule has 3 atom stereocenters. The third-order valence-corrected chi connectivity index (χ3v) is 4.44. The lowest BCUT2D eigenvalue weighted by atomic mass is 9.91. The van der Waals surface area contributed by atoms with Crippen LogP contribution in [0.1, 0.15) is 32.3 Å². The Hall–Kier alpha value is -1.06. The van der Waals surface area contributed by atoms with Gasteiger partial charge in [0.15, 0.2) is 0 Å². The summed E-state index contributed by atoms with van der Waals surface area (Å²) in [5, 5.41) is 3.70. The van der Waals surface area contributed by atoms with Crippen LogP contribution in [0.3, 0.4) is 0 Å². The van der Waals surface area contributed by atoms with Crippen LogP contribution in [-0.4, -0.2) is 43.7 Å². The van der Waals surface area contributed by atoms with Gasteiger partial charge in [-0.3, -0.25) is 0 Å². The van der Waals surface area contributed by atoms with Gasteiger partial charge in [0.25, 0.3) is 0 Å². The Morgan fingerprint density at radius 1 is 1.29 bits per heavy atom. The number of hydrogen-bond acceptors (Lipinski definition) is 3. The summed E-state index contributed by atoms with van der Waals surface area (Å²) in [7, 11) is 2.23. The van der Waals surface area contributed by atoms with Gasteiger partial charge in [-0.05, 0) is 65.3 Å². The Morgan fingerprint density at radius 2 is 2.00 bits per heavy atom. The number of ether oxygens (including phenoxy) is 1. The summed E-state index contributed by atoms with van der Waals surface area (Å²) in [4.78, 5) is 2.44. The van der Waals surface area contributed by atoms with Gasteiger partial charge in [0.1, 0.15) is 12.4 Å². The summed E-state index contributed by atoms with van der Waals surface area (Å²) in [6, 6.07) is 9.18. The van der Waals surface area contributed by atoms with Gasteiger partial charge in [-0.1, -0.05) is 17.7 Å². The first-order valence-electron chi connectivity index (χ1n) is 8.18. The number of likely N-dealkylation sites (tertiary alicyclic amines) is 1. The quantitative estimate of drug-likeness (QED) is 0.871. The van der Waals surface area contributed by atoms with Crippen LogP contribution in [0, 0.1) is 12.8 Å². The van der Waals surface area contributed by atoms with Gasteiger partial charge in [0.05, 0.1) is 0 Å². The van der Waals surface area contributed by atoms with Crippen LogP contribution in [0.5, 0.6) is 5.75 Å². The first-order valence-corrected chi connectivity index (χ1v) is 8.18. The largest absolute Gasteiger partial charge is 0.492 e. The zero-order valence-corrected chi connectivity index (χ0v) is 13.9. The van der Waals surface area contributed by atoms with Crippen LogP contribution >= 0.6 is 0 Å². The van der Waals surface area contributed by atoms with Crippen molar-refractivity contribution in [1.82, 2.24) is 10.2 Å². The third kappa shape index (κ3) is 5.33. The fourth-order valence-electron chi connectivity index (χ4n) is 3.10. The predicted octanol–water partition coefficient (Wildman–Crippen LogP) is 3.08. The van der Waals surface area contributed by atoms with Gasteiger partial charge in [-0.2, -0.15) is 0 Å². The molecule has 0 bridgehead atoms. The fourth-order valence-corrected chi connectivity index (χ4v) is 3.10. The fraction of sp³-hybridized carbons (Fsp3) is 0.667. The number of rotatable bonds is 6. The maximum atomic E-state index is 5.86. The molecule has 0 aliphatic carbocycles. The number of aryl methyl sites for hydroxylation is 1. The molecule has 1 saturated heterocycles. The topological polar surface area (TPSA) is 24.5 Å². The summed E-state index contributed by atoms with van der Waals surface area (Å²) in [6.07, 6.45) is 2.66. The van der Waals surface area contributed by atoms with Crippen molar-refractivity contribution in [2.45, 2.75) is 45.7 Å². The molecule has 3 nitrogen and oxygen atoms in total. The second-order valence-electron chi connectivity index (χ2n) is 6.64. The van der Waals surface area contributed by atoms with Gasteiger partial charge in [0, 0.05) is 18.6 Å². The first-order chi connectivity index (χ1) is 10.0. The average Bonchev–Trinajstić information content (AvgIpc) is 2.46. The molecule has 0 saturated carbocycles. The van der Waals surface area contributed by atoms with Crippen molar-refractivity contribution in [2.24, 2.45) is 5.92 Å². The van der Waals surface area contributed by atoms with Crippen molar-refractivity contribution >= 4 is 0 Å². The molecule has 1 aliphatic rings. The molecule has 1 heterocycles. The first kappa shape index (κ1) is 16.3. The third-order valence-electron chi connectivity index (χ3n) is 4.44. The van der Waals surface area contributed by atoms with Crippen LogP contribution in [0.25, 0.3) is 0 Å². The van der Waals surface area contributed by atoms with E-state index in [0.717, 1.165) is 18.3 Å². The summed E-state index contributed by atoms with van der Waals surface area (Å²) in [5.74, 6) is 1.71. The van der Waals surface area contributed by atoms with Crippen molar-refractivity contribution in [3.8, 4) is 5.75 Å². The number of benzene rings is 1. The molecule has 0 radical (unpaired) electrons. The minimum absolute atomic E-state index is 0.369. The summed E-state index contributed by atoms with van der Waals surface area (Å²) in [5.41, 5.74) is 1.27. The zero-order valence-electron chi connectivity index (χ0n) is 13.9. The van der Waals surface area contributed by atoms with Gasteiger partial charge < -0.3 is 15.0 Å². The summed E-state index contributed by atoms with van der Waals surface area (Å²) in [6.45, 7) is 9.78. The maximum absolute atomic E-state index is 5.86. The van der Waals surface area contributed by atoms with Crippen molar-refractivity contribution in [3.05, 3.63) is 29.8 Å². The Kier molecular flexibility index (Phi) is 6.07. The van der Waals surface area contributed by atoms with Crippen LogP contribution in [0.4, 0.5) is 0 Å². The van der Waals surface area contributed by atoms with E-state index in [4.69, 9.17) is 4.74 Å². The minimum Gasteiger partial charge on any atom is -0.492 e. The second kappa shape index (κ2) is 7.81. The molecule has 21 heavy (non-hydrogen) atoms. The molecule has 1 aromatic carbocycles. The molecule has 2 rings (SSSR count). The van der Waals surface area contributed by atoms with E-state index in [1.165, 1.54) is 31.5 Å². The predicted molar refractivity (Wildman–Crippen MR) is 89.0 cm³/mol. The van der Waals surface area contributed by atoms with Crippen molar-refractivity contribution in [3.63, 3.8) is 0 Å². The lowest BCUT2D eigenvalue weighted by molar-refractivity contribution is 0.165. The minimum atomic E-state index is 0.369. The SMILES string of the molecule is Cc1ccc(OCC(C)NC(C)C2CCCN(C)C2)cc1. The molecule has 0 spiro atoms. The smallest absolute Gasteiger partial charge is 0.119 e. The highest BCUT2D eigenvalue weighted by Crippen LogP contribution is 2.19. The molecular weight excluding hydrogens is 260 g/mol. The molecule has 0 amide bonds. The molecule has 3 unspecified atom stereocenters. The van der Waals surface area contributed by atoms with E-state index in [2.05, 4.69) is 50.2 Å². The van der Waals surface area contributed by atoms with E-state index in [9.17, 15) is 0 Å². The molecule has 1 aromatic rings. The molecular formula is C18H30N2O. The molecule has 1 aliphatic heterocycles. The Balaban J connectivity index is 1.73. The van der Waals surface area contributed by atoms with Crippen LogP contribution in [0.2, 0.25) is 0 Å². The Morgan fingerprint density at radius 3 is 2.67 bits per heavy atom.